The molecule has 1 aromatic carbocycles. The van der Waals surface area contributed by atoms with Crippen molar-refractivity contribution in [2.45, 2.75) is 25.8 Å². The van der Waals surface area contributed by atoms with Crippen molar-refractivity contribution >= 4 is 22.6 Å². The van der Waals surface area contributed by atoms with Crippen LogP contribution in [0.15, 0.2) is 30.6 Å². The van der Waals surface area contributed by atoms with Gasteiger partial charge < -0.3 is 24.7 Å². The minimum absolute atomic E-state index is 0.0640. The number of carbonyl (C=O) groups is 1. The lowest BCUT2D eigenvalue weighted by atomic mass is 9.98. The highest BCUT2D eigenvalue weighted by Gasteiger charge is 2.28. The molecule has 34 heavy (non-hydrogen) atoms. The largest absolute Gasteiger partial charge is 0.496 e. The summed E-state index contributed by atoms with van der Waals surface area (Å²) in [5, 5.41) is 4.39. The molecule has 180 valence electrons. The number of hydrogen-bond acceptors (Lipinski definition) is 6. The van der Waals surface area contributed by atoms with Crippen LogP contribution in [0.1, 0.15) is 28.8 Å². The zero-order chi connectivity index (χ0) is 23.7. The van der Waals surface area contributed by atoms with Crippen molar-refractivity contribution in [1.82, 2.24) is 19.8 Å². The number of pyridine rings is 1. The van der Waals surface area contributed by atoms with Crippen LogP contribution in [-0.2, 0) is 4.74 Å². The van der Waals surface area contributed by atoms with E-state index in [1.807, 2.05) is 42.5 Å². The maximum atomic E-state index is 13.3. The number of likely N-dealkylation sites (tertiary alicyclic amines) is 1. The summed E-state index contributed by atoms with van der Waals surface area (Å²) in [6.07, 6.45) is 5.83. The van der Waals surface area contributed by atoms with E-state index in [2.05, 4.69) is 27.1 Å². The van der Waals surface area contributed by atoms with Crippen LogP contribution in [0.4, 0.5) is 5.69 Å². The second-order valence-electron chi connectivity index (χ2n) is 9.08. The number of aromatic nitrogens is 2. The maximum absolute atomic E-state index is 13.3. The first-order valence-electron chi connectivity index (χ1n) is 12.0. The summed E-state index contributed by atoms with van der Waals surface area (Å²) in [5.41, 5.74) is 5.47. The number of amides is 1. The molecule has 0 radical (unpaired) electrons. The van der Waals surface area contributed by atoms with Gasteiger partial charge in [-0.2, -0.15) is 0 Å². The number of aromatic amines is 1. The average molecular weight is 464 g/mol. The number of hydrogen-bond donors (Lipinski definition) is 2. The summed E-state index contributed by atoms with van der Waals surface area (Å²) in [6.45, 7) is 7.24. The molecule has 8 nitrogen and oxygen atoms in total. The molecular formula is C26H33N5O3. The quantitative estimate of drug-likeness (QED) is 0.603. The van der Waals surface area contributed by atoms with Crippen molar-refractivity contribution < 1.29 is 14.3 Å². The Kier molecular flexibility index (Phi) is 6.43. The van der Waals surface area contributed by atoms with Crippen LogP contribution >= 0.6 is 0 Å². The number of aryl methyl sites for hydroxylation is 1. The van der Waals surface area contributed by atoms with Crippen LogP contribution < -0.4 is 10.1 Å². The van der Waals surface area contributed by atoms with E-state index in [9.17, 15) is 4.79 Å². The van der Waals surface area contributed by atoms with Crippen LogP contribution in [0.5, 0.6) is 5.75 Å². The Labute approximate surface area is 200 Å². The highest BCUT2D eigenvalue weighted by molar-refractivity contribution is 6.02. The Balaban J connectivity index is 1.37. The van der Waals surface area contributed by atoms with Crippen molar-refractivity contribution in [1.29, 1.82) is 0 Å². The second kappa shape index (κ2) is 9.64. The van der Waals surface area contributed by atoms with E-state index in [1.165, 1.54) is 0 Å². The maximum Gasteiger partial charge on any atom is 0.253 e. The molecule has 0 aliphatic carbocycles. The summed E-state index contributed by atoms with van der Waals surface area (Å²) in [4.78, 5) is 25.6. The summed E-state index contributed by atoms with van der Waals surface area (Å²) in [6, 6.07) is 6.28. The number of nitrogens with one attached hydrogen (secondary N) is 2. The van der Waals surface area contributed by atoms with Gasteiger partial charge in [0, 0.05) is 73.7 Å². The number of morpholine rings is 1. The van der Waals surface area contributed by atoms with Gasteiger partial charge in [0.1, 0.15) is 11.4 Å². The molecule has 0 unspecified atom stereocenters. The number of nitrogens with zero attached hydrogens (tertiary/aromatic N) is 3. The van der Waals surface area contributed by atoms with Crippen molar-refractivity contribution in [2.24, 2.45) is 0 Å². The highest BCUT2D eigenvalue weighted by Crippen LogP contribution is 2.39. The van der Waals surface area contributed by atoms with Gasteiger partial charge in [0.05, 0.1) is 26.0 Å². The second-order valence-corrected chi connectivity index (χ2v) is 9.08. The predicted octanol–water partition coefficient (Wildman–Crippen LogP) is 3.53. The fourth-order valence-corrected chi connectivity index (χ4v) is 5.32. The molecule has 3 aromatic rings. The van der Waals surface area contributed by atoms with Crippen molar-refractivity contribution in [3.05, 3.63) is 41.7 Å². The Hall–Kier alpha value is -3.10. The number of benzene rings is 1. The molecule has 2 fully saturated rings. The third kappa shape index (κ3) is 4.12. The van der Waals surface area contributed by atoms with E-state index < -0.39 is 0 Å². The van der Waals surface area contributed by atoms with Crippen molar-refractivity contribution in [2.75, 3.05) is 58.9 Å². The van der Waals surface area contributed by atoms with E-state index in [0.29, 0.717) is 17.4 Å². The zero-order valence-corrected chi connectivity index (χ0v) is 20.2. The molecule has 4 heterocycles. The van der Waals surface area contributed by atoms with Crippen molar-refractivity contribution in [3.8, 4) is 16.9 Å². The smallest absolute Gasteiger partial charge is 0.253 e. The third-order valence-electron chi connectivity index (χ3n) is 7.20. The SMILES string of the molecule is CNc1c(-c2ccc(C(=O)N3CCC(N4CCOCC4)CC3)cc2OC)cnc2[nH]cc(C)c12. The molecule has 0 bridgehead atoms. The topological polar surface area (TPSA) is 82.7 Å². The Morgan fingerprint density at radius 1 is 1.18 bits per heavy atom. The number of ether oxygens (including phenoxy) is 2. The molecule has 2 aromatic heterocycles. The van der Waals surface area contributed by atoms with Gasteiger partial charge in [-0.3, -0.25) is 9.69 Å². The average Bonchev–Trinajstić information content (AvgIpc) is 3.28. The standard InChI is InChI=1S/C26H33N5O3/c1-17-15-28-25-23(17)24(27-2)21(16-29-25)20-5-4-18(14-22(20)33-3)26(32)31-8-6-19(7-9-31)30-10-12-34-13-11-30/h4-5,14-16,19H,6-13H2,1-3H3,(H2,27,28,29). The number of fused-ring (bicyclic) bond motifs is 1. The van der Waals surface area contributed by atoms with E-state index in [4.69, 9.17) is 9.47 Å². The Morgan fingerprint density at radius 2 is 1.94 bits per heavy atom. The van der Waals surface area contributed by atoms with Crippen LogP contribution in [0.3, 0.4) is 0 Å². The number of rotatable bonds is 5. The summed E-state index contributed by atoms with van der Waals surface area (Å²) in [7, 11) is 3.56. The third-order valence-corrected chi connectivity index (χ3v) is 7.20. The molecule has 2 aliphatic heterocycles. The molecule has 0 spiro atoms. The van der Waals surface area contributed by atoms with Gasteiger partial charge in [0.2, 0.25) is 0 Å². The summed E-state index contributed by atoms with van der Waals surface area (Å²) in [5.74, 6) is 0.731. The van der Waals surface area contributed by atoms with E-state index >= 15 is 0 Å². The molecule has 8 heteroatoms. The molecular weight excluding hydrogens is 430 g/mol. The molecule has 0 saturated carbocycles. The first-order chi connectivity index (χ1) is 16.6. The molecule has 0 atom stereocenters. The first kappa shape index (κ1) is 22.7. The van der Waals surface area contributed by atoms with Crippen LogP contribution in [-0.4, -0.2) is 85.3 Å². The van der Waals surface area contributed by atoms with E-state index in [0.717, 1.165) is 85.6 Å². The summed E-state index contributed by atoms with van der Waals surface area (Å²) < 4.78 is 11.2. The van der Waals surface area contributed by atoms with Crippen LogP contribution in [0, 0.1) is 6.92 Å². The zero-order valence-electron chi connectivity index (χ0n) is 20.2. The van der Waals surface area contributed by atoms with Gasteiger partial charge in [0.25, 0.3) is 5.91 Å². The number of anilines is 1. The summed E-state index contributed by atoms with van der Waals surface area (Å²) >= 11 is 0. The normalized spacial score (nSPS) is 17.8. The number of piperidine rings is 1. The lowest BCUT2D eigenvalue weighted by Gasteiger charge is -2.40. The van der Waals surface area contributed by atoms with E-state index in [1.54, 1.807) is 7.11 Å². The number of methoxy groups -OCH3 is 1. The Bertz CT molecular complexity index is 1180. The van der Waals surface area contributed by atoms with Gasteiger partial charge in [0.15, 0.2) is 0 Å². The first-order valence-corrected chi connectivity index (χ1v) is 12.0. The van der Waals surface area contributed by atoms with Gasteiger partial charge in [-0.05, 0) is 43.5 Å². The van der Waals surface area contributed by atoms with Crippen LogP contribution in [0.2, 0.25) is 0 Å². The highest BCUT2D eigenvalue weighted by atomic mass is 16.5. The fraction of sp³-hybridized carbons (Fsp3) is 0.462. The minimum Gasteiger partial charge on any atom is -0.496 e. The Morgan fingerprint density at radius 3 is 2.65 bits per heavy atom. The lowest BCUT2D eigenvalue weighted by Crippen LogP contribution is -2.50. The van der Waals surface area contributed by atoms with Gasteiger partial charge in [-0.25, -0.2) is 4.98 Å². The van der Waals surface area contributed by atoms with Gasteiger partial charge in [-0.1, -0.05) is 0 Å². The van der Waals surface area contributed by atoms with E-state index in [-0.39, 0.29) is 5.91 Å². The van der Waals surface area contributed by atoms with Crippen LogP contribution in [0.25, 0.3) is 22.2 Å². The van der Waals surface area contributed by atoms with Crippen molar-refractivity contribution in [3.63, 3.8) is 0 Å². The minimum atomic E-state index is 0.0640. The van der Waals surface area contributed by atoms with Gasteiger partial charge in [-0.15, -0.1) is 0 Å². The number of carbonyl (C=O) groups excluding carboxylic acids is 1. The predicted molar refractivity (Wildman–Crippen MR) is 134 cm³/mol. The fourth-order valence-electron chi connectivity index (χ4n) is 5.32. The van der Waals surface area contributed by atoms with Gasteiger partial charge >= 0.3 is 0 Å². The molecule has 2 saturated heterocycles. The molecule has 5 rings (SSSR count). The molecule has 1 amide bonds. The monoisotopic (exact) mass is 463 g/mol. The molecule has 2 N–H and O–H groups in total. The molecule has 2 aliphatic rings. The lowest BCUT2D eigenvalue weighted by molar-refractivity contribution is 0.00159. The number of H-pyrrole nitrogens is 1.